The summed E-state index contributed by atoms with van der Waals surface area (Å²) in [5.41, 5.74) is 0. The van der Waals surface area contributed by atoms with E-state index in [0.717, 1.165) is 11.5 Å². The zero-order valence-electron chi connectivity index (χ0n) is 7.98. The molecule has 0 saturated heterocycles. The van der Waals surface area contributed by atoms with E-state index in [4.69, 9.17) is 4.74 Å². The molecule has 0 aliphatic rings. The number of ether oxygens (including phenoxy) is 1. The van der Waals surface area contributed by atoms with Crippen molar-refractivity contribution in [3.05, 3.63) is 24.7 Å². The van der Waals surface area contributed by atoms with Gasteiger partial charge in [0, 0.05) is 11.8 Å². The summed E-state index contributed by atoms with van der Waals surface area (Å²) in [6.07, 6.45) is 0. The van der Waals surface area contributed by atoms with Gasteiger partial charge in [-0.1, -0.05) is 40.9 Å². The van der Waals surface area contributed by atoms with Gasteiger partial charge in [-0.3, -0.25) is 0 Å². The van der Waals surface area contributed by atoms with Gasteiger partial charge in [-0.25, -0.2) is 0 Å². The van der Waals surface area contributed by atoms with Crippen LogP contribution in [-0.2, 0) is 4.74 Å². The number of hydrogen-bond acceptors (Lipinski definition) is 1. The van der Waals surface area contributed by atoms with Crippen LogP contribution in [-0.4, -0.2) is 0 Å². The highest BCUT2D eigenvalue weighted by molar-refractivity contribution is 4.96. The molecule has 0 unspecified atom stereocenters. The molecule has 0 aromatic rings. The van der Waals surface area contributed by atoms with Crippen molar-refractivity contribution in [2.75, 3.05) is 0 Å². The van der Waals surface area contributed by atoms with Crippen molar-refractivity contribution in [1.29, 1.82) is 0 Å². The molecular formula is C10H18O. The molecule has 11 heavy (non-hydrogen) atoms. The first kappa shape index (κ1) is 10.3. The quantitative estimate of drug-likeness (QED) is 0.564. The molecule has 0 fully saturated rings. The molecule has 0 N–H and O–H groups in total. The van der Waals surface area contributed by atoms with Crippen LogP contribution in [0.15, 0.2) is 24.7 Å². The number of hydrogen-bond donors (Lipinski definition) is 0. The first-order valence-corrected chi connectivity index (χ1v) is 4.00. The molecular weight excluding hydrogens is 136 g/mol. The van der Waals surface area contributed by atoms with Gasteiger partial charge in [0.2, 0.25) is 0 Å². The van der Waals surface area contributed by atoms with Crippen molar-refractivity contribution < 1.29 is 4.74 Å². The predicted octanol–water partition coefficient (Wildman–Crippen LogP) is 3.34. The van der Waals surface area contributed by atoms with Crippen molar-refractivity contribution in [2.24, 2.45) is 11.8 Å². The van der Waals surface area contributed by atoms with E-state index in [1.807, 2.05) is 0 Å². The van der Waals surface area contributed by atoms with Crippen LogP contribution >= 0.6 is 0 Å². The number of allylic oxidation sites excluding steroid dienone is 2. The molecule has 0 aromatic heterocycles. The summed E-state index contributed by atoms with van der Waals surface area (Å²) >= 11 is 0. The Kier molecular flexibility index (Phi) is 3.94. The lowest BCUT2D eigenvalue weighted by molar-refractivity contribution is 0.239. The average molecular weight is 154 g/mol. The lowest BCUT2D eigenvalue weighted by Crippen LogP contribution is -2.02. The van der Waals surface area contributed by atoms with Gasteiger partial charge in [0.05, 0.1) is 11.5 Å². The van der Waals surface area contributed by atoms with Crippen LogP contribution in [0.1, 0.15) is 27.7 Å². The first-order valence-electron chi connectivity index (χ1n) is 4.00. The molecule has 64 valence electrons. The Labute approximate surface area is 69.8 Å². The smallest absolute Gasteiger partial charge is 0.0989 e. The summed E-state index contributed by atoms with van der Waals surface area (Å²) in [6.45, 7) is 15.8. The maximum absolute atomic E-state index is 5.38. The zero-order chi connectivity index (χ0) is 9.02. The average Bonchev–Trinajstić information content (AvgIpc) is 1.87. The zero-order valence-corrected chi connectivity index (χ0v) is 7.98. The third-order valence-electron chi connectivity index (χ3n) is 1.55. The van der Waals surface area contributed by atoms with Crippen molar-refractivity contribution in [3.8, 4) is 0 Å². The maximum Gasteiger partial charge on any atom is 0.0989 e. The van der Waals surface area contributed by atoms with Gasteiger partial charge >= 0.3 is 0 Å². The van der Waals surface area contributed by atoms with Crippen LogP contribution in [0, 0.1) is 11.8 Å². The van der Waals surface area contributed by atoms with E-state index in [1.165, 1.54) is 0 Å². The molecule has 0 amide bonds. The minimum absolute atomic E-state index is 0.366. The van der Waals surface area contributed by atoms with E-state index in [0.29, 0.717) is 11.8 Å². The van der Waals surface area contributed by atoms with Crippen LogP contribution < -0.4 is 0 Å². The minimum atomic E-state index is 0.366. The molecule has 1 nitrogen and oxygen atoms in total. The van der Waals surface area contributed by atoms with E-state index >= 15 is 0 Å². The second-order valence-corrected chi connectivity index (χ2v) is 3.34. The Hall–Kier alpha value is -0.720. The molecule has 0 heterocycles. The standard InChI is InChI=1S/C10H18O/c1-7(2)9(5)11-10(6)8(3)4/h7-8H,5-6H2,1-4H3. The summed E-state index contributed by atoms with van der Waals surface area (Å²) < 4.78 is 5.38. The van der Waals surface area contributed by atoms with E-state index in [1.54, 1.807) is 0 Å². The predicted molar refractivity (Wildman–Crippen MR) is 49.0 cm³/mol. The van der Waals surface area contributed by atoms with Crippen molar-refractivity contribution in [1.82, 2.24) is 0 Å². The van der Waals surface area contributed by atoms with E-state index < -0.39 is 0 Å². The van der Waals surface area contributed by atoms with Gasteiger partial charge in [-0.15, -0.1) is 0 Å². The highest BCUT2D eigenvalue weighted by Crippen LogP contribution is 2.17. The summed E-state index contributed by atoms with van der Waals surface area (Å²) in [6, 6.07) is 0. The second-order valence-electron chi connectivity index (χ2n) is 3.34. The Bertz CT molecular complexity index is 136. The summed E-state index contributed by atoms with van der Waals surface area (Å²) in [4.78, 5) is 0. The Morgan fingerprint density at radius 1 is 0.909 bits per heavy atom. The minimum Gasteiger partial charge on any atom is -0.467 e. The fraction of sp³-hybridized carbons (Fsp3) is 0.600. The van der Waals surface area contributed by atoms with Crippen molar-refractivity contribution in [3.63, 3.8) is 0 Å². The monoisotopic (exact) mass is 154 g/mol. The fourth-order valence-corrected chi connectivity index (χ4v) is 0.404. The van der Waals surface area contributed by atoms with Crippen LogP contribution in [0.5, 0.6) is 0 Å². The van der Waals surface area contributed by atoms with Crippen LogP contribution in [0.2, 0.25) is 0 Å². The van der Waals surface area contributed by atoms with Crippen LogP contribution in [0.4, 0.5) is 0 Å². The topological polar surface area (TPSA) is 9.23 Å². The van der Waals surface area contributed by atoms with Crippen molar-refractivity contribution in [2.45, 2.75) is 27.7 Å². The summed E-state index contributed by atoms with van der Waals surface area (Å²) in [5.74, 6) is 2.32. The Morgan fingerprint density at radius 2 is 1.18 bits per heavy atom. The van der Waals surface area contributed by atoms with Crippen LogP contribution in [0.3, 0.4) is 0 Å². The molecule has 0 aliphatic heterocycles. The van der Waals surface area contributed by atoms with E-state index in [2.05, 4.69) is 40.9 Å². The van der Waals surface area contributed by atoms with Crippen molar-refractivity contribution >= 4 is 0 Å². The third kappa shape index (κ3) is 3.87. The molecule has 0 aliphatic carbocycles. The molecule has 0 atom stereocenters. The van der Waals surface area contributed by atoms with Gasteiger partial charge in [-0.05, 0) is 0 Å². The third-order valence-corrected chi connectivity index (χ3v) is 1.55. The van der Waals surface area contributed by atoms with Crippen LogP contribution in [0.25, 0.3) is 0 Å². The highest BCUT2D eigenvalue weighted by Gasteiger charge is 2.06. The van der Waals surface area contributed by atoms with Gasteiger partial charge in [0.25, 0.3) is 0 Å². The van der Waals surface area contributed by atoms with Gasteiger partial charge in [0.1, 0.15) is 0 Å². The molecule has 1 heteroatoms. The SMILES string of the molecule is C=C(OC(=C)C(C)C)C(C)C. The van der Waals surface area contributed by atoms with Gasteiger partial charge in [-0.2, -0.15) is 0 Å². The largest absolute Gasteiger partial charge is 0.467 e. The van der Waals surface area contributed by atoms with Gasteiger partial charge < -0.3 is 4.74 Å². The first-order chi connectivity index (χ1) is 4.95. The fourth-order valence-electron chi connectivity index (χ4n) is 0.404. The molecule has 0 spiro atoms. The number of rotatable bonds is 4. The molecule has 0 radical (unpaired) electrons. The molecule has 0 saturated carbocycles. The second kappa shape index (κ2) is 4.22. The molecule has 0 bridgehead atoms. The molecule has 0 aromatic carbocycles. The maximum atomic E-state index is 5.38. The lowest BCUT2D eigenvalue weighted by atomic mass is 10.1. The van der Waals surface area contributed by atoms with E-state index in [-0.39, 0.29) is 0 Å². The lowest BCUT2D eigenvalue weighted by Gasteiger charge is -2.15. The summed E-state index contributed by atoms with van der Waals surface area (Å²) in [7, 11) is 0. The summed E-state index contributed by atoms with van der Waals surface area (Å²) in [5, 5.41) is 0. The Morgan fingerprint density at radius 3 is 1.36 bits per heavy atom. The van der Waals surface area contributed by atoms with E-state index in [9.17, 15) is 0 Å². The van der Waals surface area contributed by atoms with Gasteiger partial charge in [0.15, 0.2) is 0 Å². The Balaban J connectivity index is 3.86. The molecule has 0 rings (SSSR count). The highest BCUT2D eigenvalue weighted by atomic mass is 16.5. The normalized spacial score (nSPS) is 10.4.